The molecule has 0 aliphatic carbocycles. The third-order valence-electron chi connectivity index (χ3n) is 3.18. The quantitative estimate of drug-likeness (QED) is 0.563. The number of rotatable bonds is 4. The molecule has 0 bridgehead atoms. The molecule has 1 saturated heterocycles. The van der Waals surface area contributed by atoms with Gasteiger partial charge in [0.1, 0.15) is 18.3 Å². The average molecular weight is 305 g/mol. The molecule has 0 aromatic heterocycles. The molecular weight excluding hydrogens is 288 g/mol. The van der Waals surface area contributed by atoms with E-state index in [1.54, 1.807) is 12.1 Å². The molecule has 1 fully saturated rings. The van der Waals surface area contributed by atoms with Crippen LogP contribution >= 0.6 is 11.6 Å². The van der Waals surface area contributed by atoms with Crippen molar-refractivity contribution in [1.82, 2.24) is 0 Å². The van der Waals surface area contributed by atoms with Crippen LogP contribution in [-0.4, -0.2) is 56.7 Å². The van der Waals surface area contributed by atoms with E-state index in [0.29, 0.717) is 0 Å². The maximum absolute atomic E-state index is 9.88. The maximum atomic E-state index is 9.88. The molecule has 1 aliphatic rings. The smallest absolute Gasteiger partial charge is 0.279 e. The molecule has 0 amide bonds. The predicted octanol–water partition coefficient (Wildman–Crippen LogP) is -0.430. The molecule has 1 aromatic carbocycles. The summed E-state index contributed by atoms with van der Waals surface area (Å²) in [5, 5.41) is 36.3. The third-order valence-corrected chi connectivity index (χ3v) is 3.60. The highest BCUT2D eigenvalue weighted by Crippen LogP contribution is 2.35. The van der Waals surface area contributed by atoms with E-state index in [2.05, 4.69) is 0 Å². The Kier molecular flexibility index (Phi) is 4.98. The zero-order chi connectivity index (χ0) is 14.8. The van der Waals surface area contributed by atoms with Crippen LogP contribution < -0.4 is 0 Å². The summed E-state index contributed by atoms with van der Waals surface area (Å²) >= 11 is 6.03. The van der Waals surface area contributed by atoms with Gasteiger partial charge in [-0.15, -0.1) is 0 Å². The van der Waals surface area contributed by atoms with Crippen molar-refractivity contribution in [3.63, 3.8) is 0 Å². The molecule has 0 spiro atoms. The fourth-order valence-electron chi connectivity index (χ4n) is 1.98. The van der Waals surface area contributed by atoms with Gasteiger partial charge in [-0.1, -0.05) is 41.9 Å². The van der Waals surface area contributed by atoms with E-state index < -0.39 is 36.3 Å². The number of benzene rings is 1. The lowest BCUT2D eigenvalue weighted by atomic mass is 9.99. The van der Waals surface area contributed by atoms with Crippen LogP contribution in [0.15, 0.2) is 30.3 Å². The van der Waals surface area contributed by atoms with E-state index >= 15 is 0 Å². The van der Waals surface area contributed by atoms with E-state index in [9.17, 15) is 15.3 Å². The number of hydrogen-bond donors (Lipinski definition) is 4. The first-order chi connectivity index (χ1) is 9.48. The predicted molar refractivity (Wildman–Crippen MR) is 69.8 cm³/mol. The van der Waals surface area contributed by atoms with Crippen LogP contribution in [-0.2, 0) is 16.1 Å². The molecule has 5 atom stereocenters. The first-order valence-corrected chi connectivity index (χ1v) is 6.55. The van der Waals surface area contributed by atoms with Crippen molar-refractivity contribution in [3.8, 4) is 0 Å². The number of alkyl halides is 1. The van der Waals surface area contributed by atoms with Gasteiger partial charge in [0.25, 0.3) is 5.25 Å². The summed E-state index contributed by atoms with van der Waals surface area (Å²) in [6, 6.07) is 9.06. The summed E-state index contributed by atoms with van der Waals surface area (Å²) < 4.78 is 10.5. The Morgan fingerprint density at radius 2 is 1.80 bits per heavy atom. The van der Waals surface area contributed by atoms with Gasteiger partial charge < -0.3 is 29.9 Å². The van der Waals surface area contributed by atoms with Crippen LogP contribution in [0.1, 0.15) is 5.56 Å². The van der Waals surface area contributed by atoms with Gasteiger partial charge in [-0.25, -0.2) is 0 Å². The lowest BCUT2D eigenvalue weighted by molar-refractivity contribution is -0.328. The fraction of sp³-hybridized carbons (Fsp3) is 0.538. The topological polar surface area (TPSA) is 99.4 Å². The Balaban J connectivity index is 2.07. The summed E-state index contributed by atoms with van der Waals surface area (Å²) in [6.07, 6.45) is -5.80. The zero-order valence-corrected chi connectivity index (χ0v) is 11.3. The Morgan fingerprint density at radius 3 is 2.40 bits per heavy atom. The van der Waals surface area contributed by atoms with Crippen LogP contribution in [0.2, 0.25) is 0 Å². The Bertz CT molecular complexity index is 428. The molecule has 6 nitrogen and oxygen atoms in total. The van der Waals surface area contributed by atoms with Crippen molar-refractivity contribution >= 4 is 11.6 Å². The van der Waals surface area contributed by atoms with Gasteiger partial charge in [0.15, 0.2) is 6.10 Å². The van der Waals surface area contributed by atoms with Gasteiger partial charge in [0.2, 0.25) is 0 Å². The summed E-state index contributed by atoms with van der Waals surface area (Å²) in [5.74, 6) is 0. The van der Waals surface area contributed by atoms with E-state index in [1.807, 2.05) is 18.2 Å². The van der Waals surface area contributed by atoms with Crippen LogP contribution in [0.3, 0.4) is 0 Å². The second-order valence-corrected chi connectivity index (χ2v) is 5.15. The van der Waals surface area contributed by atoms with Crippen molar-refractivity contribution in [3.05, 3.63) is 35.9 Å². The highest BCUT2D eigenvalue weighted by atomic mass is 35.5. The van der Waals surface area contributed by atoms with E-state index in [4.69, 9.17) is 26.2 Å². The highest BCUT2D eigenvalue weighted by Gasteiger charge is 2.53. The highest BCUT2D eigenvalue weighted by molar-refractivity contribution is 6.22. The molecule has 4 N–H and O–H groups in total. The maximum Gasteiger partial charge on any atom is 0.279 e. The largest absolute Gasteiger partial charge is 0.394 e. The molecule has 1 heterocycles. The molecule has 7 heteroatoms. The SMILES string of the molecule is OC[C@H]1O[C@](Cl)(OCc2ccccc2)[C@H](O)[C@@H](O)[C@@H]1O. The lowest BCUT2D eigenvalue weighted by Crippen LogP contribution is -2.63. The second kappa shape index (κ2) is 6.36. The zero-order valence-electron chi connectivity index (χ0n) is 10.6. The molecule has 0 saturated carbocycles. The standard InChI is InChI=1S/C13H17ClO6/c14-13(19-7-8-4-2-1-3-5-8)12(18)11(17)10(16)9(6-15)20-13/h1-5,9-12,15-18H,6-7H2/t9-,10-,11+,12-,13-/m1/s1. The van der Waals surface area contributed by atoms with Gasteiger partial charge in [-0.05, 0) is 5.56 Å². The minimum Gasteiger partial charge on any atom is -0.394 e. The minimum absolute atomic E-state index is 0.0440. The van der Waals surface area contributed by atoms with Crippen LogP contribution in [0.25, 0.3) is 0 Å². The first-order valence-electron chi connectivity index (χ1n) is 6.17. The van der Waals surface area contributed by atoms with Crippen LogP contribution in [0.4, 0.5) is 0 Å². The van der Waals surface area contributed by atoms with E-state index in [-0.39, 0.29) is 6.61 Å². The molecule has 1 aliphatic heterocycles. The molecule has 20 heavy (non-hydrogen) atoms. The average Bonchev–Trinajstić information content (AvgIpc) is 2.48. The number of aliphatic hydroxyl groups excluding tert-OH is 4. The summed E-state index contributed by atoms with van der Waals surface area (Å²) in [4.78, 5) is 0. The molecule has 112 valence electrons. The van der Waals surface area contributed by atoms with Crippen molar-refractivity contribution < 1.29 is 29.9 Å². The van der Waals surface area contributed by atoms with Gasteiger partial charge in [-0.3, -0.25) is 0 Å². The number of aliphatic hydroxyl groups is 4. The number of hydrogen-bond acceptors (Lipinski definition) is 6. The van der Waals surface area contributed by atoms with Gasteiger partial charge in [0.05, 0.1) is 13.2 Å². The monoisotopic (exact) mass is 304 g/mol. The van der Waals surface area contributed by atoms with Crippen molar-refractivity contribution in [2.45, 2.75) is 36.3 Å². The van der Waals surface area contributed by atoms with Crippen LogP contribution in [0.5, 0.6) is 0 Å². The third kappa shape index (κ3) is 3.12. The summed E-state index contributed by atoms with van der Waals surface area (Å²) in [7, 11) is 0. The lowest BCUT2D eigenvalue weighted by Gasteiger charge is -2.44. The molecule has 1 aromatic rings. The fourth-order valence-corrected chi connectivity index (χ4v) is 2.28. The molecular formula is C13H17ClO6. The second-order valence-electron chi connectivity index (χ2n) is 4.62. The Morgan fingerprint density at radius 1 is 1.15 bits per heavy atom. The normalized spacial score (nSPS) is 37.9. The van der Waals surface area contributed by atoms with Crippen molar-refractivity contribution in [2.24, 2.45) is 0 Å². The first kappa shape index (κ1) is 15.7. The van der Waals surface area contributed by atoms with Crippen molar-refractivity contribution in [2.75, 3.05) is 6.61 Å². The van der Waals surface area contributed by atoms with E-state index in [0.717, 1.165) is 5.56 Å². The minimum atomic E-state index is -2.03. The summed E-state index contributed by atoms with van der Waals surface area (Å²) in [5.41, 5.74) is 0.796. The molecule has 0 radical (unpaired) electrons. The Labute approximate surface area is 121 Å². The van der Waals surface area contributed by atoms with Crippen molar-refractivity contribution in [1.29, 1.82) is 0 Å². The van der Waals surface area contributed by atoms with Gasteiger partial charge >= 0.3 is 0 Å². The van der Waals surface area contributed by atoms with Gasteiger partial charge in [0, 0.05) is 0 Å². The molecule has 2 rings (SSSR count). The summed E-state index contributed by atoms with van der Waals surface area (Å²) in [6.45, 7) is -0.517. The number of ether oxygens (including phenoxy) is 2. The van der Waals surface area contributed by atoms with Gasteiger partial charge in [-0.2, -0.15) is 0 Å². The number of halogens is 1. The Hall–Kier alpha value is -0.730. The molecule has 0 unspecified atom stereocenters. The van der Waals surface area contributed by atoms with E-state index in [1.165, 1.54) is 0 Å². The van der Waals surface area contributed by atoms with Crippen LogP contribution in [0, 0.1) is 0 Å².